The molecule has 0 radical (unpaired) electrons. The van der Waals surface area contributed by atoms with Crippen LogP contribution in [0.4, 0.5) is 0 Å². The molecular weight excluding hydrogens is 332 g/mol. The van der Waals surface area contributed by atoms with E-state index in [0.717, 1.165) is 53.6 Å². The molecule has 4 aliphatic rings. The summed E-state index contributed by atoms with van der Waals surface area (Å²) in [5.74, 6) is 4.02. The molecule has 0 amide bonds. The molecule has 6 heteroatoms. The van der Waals surface area contributed by atoms with Crippen molar-refractivity contribution in [3.05, 3.63) is 17.5 Å². The first-order valence-electron chi connectivity index (χ1n) is 9.38. The van der Waals surface area contributed by atoms with Gasteiger partial charge in [-0.3, -0.25) is 9.20 Å². The second-order valence-corrected chi connectivity index (χ2v) is 9.51. The Kier molecular flexibility index (Phi) is 3.50. The van der Waals surface area contributed by atoms with Crippen LogP contribution >= 0.6 is 11.8 Å². The Balaban J connectivity index is 1.36. The Hall–Kier alpha value is -1.43. The summed E-state index contributed by atoms with van der Waals surface area (Å²) in [5.41, 5.74) is 1.99. The maximum absolute atomic E-state index is 13.2. The van der Waals surface area contributed by atoms with Gasteiger partial charge in [0.2, 0.25) is 0 Å². The highest BCUT2D eigenvalue weighted by Crippen LogP contribution is 2.60. The Morgan fingerprint density at radius 1 is 1.16 bits per heavy atom. The maximum Gasteiger partial charge on any atom is 0.256 e. The van der Waals surface area contributed by atoms with Crippen molar-refractivity contribution in [3.8, 4) is 0 Å². The van der Waals surface area contributed by atoms with Crippen LogP contribution in [0.15, 0.2) is 11.2 Å². The van der Waals surface area contributed by atoms with E-state index in [1.165, 1.54) is 31.0 Å². The second kappa shape index (κ2) is 5.53. The summed E-state index contributed by atoms with van der Waals surface area (Å²) in [4.78, 5) is 17.6. The predicted molar refractivity (Wildman–Crippen MR) is 96.6 cm³/mol. The molecule has 4 saturated carbocycles. The van der Waals surface area contributed by atoms with Gasteiger partial charge in [-0.25, -0.2) is 4.98 Å². The zero-order chi connectivity index (χ0) is 17.2. The number of aromatic nitrogens is 4. The predicted octanol–water partition coefficient (Wildman–Crippen LogP) is 3.62. The van der Waals surface area contributed by atoms with E-state index in [1.54, 1.807) is 0 Å². The zero-order valence-electron chi connectivity index (χ0n) is 14.9. The average Bonchev–Trinajstić information content (AvgIpc) is 2.94. The van der Waals surface area contributed by atoms with Crippen LogP contribution in [0, 0.1) is 37.0 Å². The van der Waals surface area contributed by atoms with Crippen molar-refractivity contribution in [2.75, 3.05) is 5.75 Å². The van der Waals surface area contributed by atoms with Crippen molar-refractivity contribution in [1.82, 2.24) is 19.6 Å². The molecule has 5 nitrogen and oxygen atoms in total. The Morgan fingerprint density at radius 3 is 2.44 bits per heavy atom. The fourth-order valence-corrected chi connectivity index (χ4v) is 7.05. The van der Waals surface area contributed by atoms with Gasteiger partial charge < -0.3 is 0 Å². The molecule has 0 aromatic carbocycles. The van der Waals surface area contributed by atoms with E-state index in [-0.39, 0.29) is 5.41 Å². The van der Waals surface area contributed by atoms with Crippen LogP contribution in [0.1, 0.15) is 49.9 Å². The van der Waals surface area contributed by atoms with Crippen molar-refractivity contribution in [2.45, 2.75) is 57.5 Å². The fraction of sp³-hybridized carbons (Fsp3) is 0.684. The summed E-state index contributed by atoms with van der Waals surface area (Å²) >= 11 is 1.53. The molecule has 0 saturated heterocycles. The van der Waals surface area contributed by atoms with Gasteiger partial charge in [0.1, 0.15) is 5.78 Å². The van der Waals surface area contributed by atoms with E-state index in [9.17, 15) is 4.79 Å². The Morgan fingerprint density at radius 2 is 1.80 bits per heavy atom. The lowest BCUT2D eigenvalue weighted by molar-refractivity contribution is -0.141. The van der Waals surface area contributed by atoms with Gasteiger partial charge in [0.15, 0.2) is 5.16 Å². The van der Waals surface area contributed by atoms with Gasteiger partial charge in [-0.1, -0.05) is 11.8 Å². The van der Waals surface area contributed by atoms with Gasteiger partial charge in [0, 0.05) is 16.8 Å². The molecule has 2 aromatic rings. The molecule has 6 rings (SSSR count). The first kappa shape index (κ1) is 15.8. The van der Waals surface area contributed by atoms with Crippen molar-refractivity contribution in [3.63, 3.8) is 0 Å². The molecule has 0 unspecified atom stereocenters. The first-order valence-corrected chi connectivity index (χ1v) is 10.4. The van der Waals surface area contributed by atoms with Gasteiger partial charge in [0.05, 0.1) is 5.75 Å². The van der Waals surface area contributed by atoms with E-state index in [2.05, 4.69) is 15.2 Å². The lowest BCUT2D eigenvalue weighted by atomic mass is 9.48. The van der Waals surface area contributed by atoms with E-state index in [4.69, 9.17) is 0 Å². The lowest BCUT2D eigenvalue weighted by Gasteiger charge is -2.56. The lowest BCUT2D eigenvalue weighted by Crippen LogP contribution is -2.50. The SMILES string of the molecule is Cc1cc(C)n2c(SCC(=O)C34CC5CC(CC(C5)C3)C4)nnc2n1. The van der Waals surface area contributed by atoms with Crippen LogP contribution in [-0.2, 0) is 4.79 Å². The monoisotopic (exact) mass is 356 g/mol. The molecule has 2 heterocycles. The molecule has 25 heavy (non-hydrogen) atoms. The summed E-state index contributed by atoms with van der Waals surface area (Å²) in [7, 11) is 0. The molecule has 132 valence electrons. The third-order valence-electron chi connectivity index (χ3n) is 6.63. The highest BCUT2D eigenvalue weighted by atomic mass is 32.2. The summed E-state index contributed by atoms with van der Waals surface area (Å²) in [6.07, 6.45) is 7.53. The number of thioether (sulfide) groups is 1. The fourth-order valence-electron chi connectivity index (χ4n) is 6.03. The highest BCUT2D eigenvalue weighted by molar-refractivity contribution is 7.99. The number of ketones is 1. The smallest absolute Gasteiger partial charge is 0.256 e. The second-order valence-electron chi connectivity index (χ2n) is 8.57. The summed E-state index contributed by atoms with van der Waals surface area (Å²) in [6, 6.07) is 2.03. The van der Waals surface area contributed by atoms with Crippen LogP contribution in [0.3, 0.4) is 0 Å². The van der Waals surface area contributed by atoms with Gasteiger partial charge >= 0.3 is 0 Å². The third-order valence-corrected chi connectivity index (χ3v) is 7.55. The minimum atomic E-state index is -0.0217. The number of nitrogens with zero attached hydrogens (tertiary/aromatic N) is 4. The molecule has 0 atom stereocenters. The van der Waals surface area contributed by atoms with Gasteiger partial charge in [-0.2, -0.15) is 0 Å². The van der Waals surface area contributed by atoms with E-state index in [1.807, 2.05) is 24.3 Å². The molecule has 4 fully saturated rings. The Bertz CT molecular complexity index is 823. The summed E-state index contributed by atoms with van der Waals surface area (Å²) < 4.78 is 1.96. The number of hydrogen-bond donors (Lipinski definition) is 0. The van der Waals surface area contributed by atoms with Gasteiger partial charge in [-0.05, 0) is 76.2 Å². The Labute approximate surface area is 152 Å². The van der Waals surface area contributed by atoms with Crippen molar-refractivity contribution in [2.24, 2.45) is 23.2 Å². The zero-order valence-corrected chi connectivity index (χ0v) is 15.7. The number of carbonyl (C=O) groups is 1. The van der Waals surface area contributed by atoms with Gasteiger partial charge in [-0.15, -0.1) is 10.2 Å². The number of carbonyl (C=O) groups excluding carboxylic acids is 1. The quantitative estimate of drug-likeness (QED) is 0.783. The largest absolute Gasteiger partial charge is 0.298 e. The standard InChI is InChI=1S/C19H24N4OS/c1-11-3-12(2)23-17(20-11)21-22-18(23)25-10-16(24)19-7-13-4-14(8-19)6-15(5-13)9-19/h3,13-15H,4-10H2,1-2H3. The van der Waals surface area contributed by atoms with E-state index in [0.29, 0.717) is 17.3 Å². The topological polar surface area (TPSA) is 60.2 Å². The molecule has 4 aliphatic carbocycles. The van der Waals surface area contributed by atoms with Crippen LogP contribution in [0.25, 0.3) is 5.78 Å². The molecule has 2 aromatic heterocycles. The van der Waals surface area contributed by atoms with Crippen LogP contribution in [-0.4, -0.2) is 31.1 Å². The third kappa shape index (κ3) is 2.52. The van der Waals surface area contributed by atoms with Crippen molar-refractivity contribution < 1.29 is 4.79 Å². The number of fused-ring (bicyclic) bond motifs is 1. The normalized spacial score (nSPS) is 33.3. The molecule has 0 N–H and O–H groups in total. The van der Waals surface area contributed by atoms with E-state index >= 15 is 0 Å². The summed E-state index contributed by atoms with van der Waals surface area (Å²) in [6.45, 7) is 4.00. The molecule has 0 spiro atoms. The average molecular weight is 356 g/mol. The minimum absolute atomic E-state index is 0.0217. The van der Waals surface area contributed by atoms with Crippen molar-refractivity contribution in [1.29, 1.82) is 0 Å². The number of hydrogen-bond acceptors (Lipinski definition) is 5. The molecule has 4 bridgehead atoms. The van der Waals surface area contributed by atoms with Crippen LogP contribution in [0.2, 0.25) is 0 Å². The number of rotatable bonds is 4. The van der Waals surface area contributed by atoms with Crippen LogP contribution < -0.4 is 0 Å². The highest BCUT2D eigenvalue weighted by Gasteiger charge is 2.54. The van der Waals surface area contributed by atoms with Crippen molar-refractivity contribution >= 4 is 23.3 Å². The maximum atomic E-state index is 13.2. The summed E-state index contributed by atoms with van der Waals surface area (Å²) in [5, 5.41) is 9.25. The minimum Gasteiger partial charge on any atom is -0.298 e. The van der Waals surface area contributed by atoms with Crippen LogP contribution in [0.5, 0.6) is 0 Å². The number of aryl methyl sites for hydroxylation is 2. The molecular formula is C19H24N4OS. The number of Topliss-reactive ketones (excluding diaryl/α,β-unsaturated/α-hetero) is 1. The molecule has 0 aliphatic heterocycles. The van der Waals surface area contributed by atoms with E-state index < -0.39 is 0 Å². The van der Waals surface area contributed by atoms with Gasteiger partial charge in [0.25, 0.3) is 5.78 Å². The first-order chi connectivity index (χ1) is 12.0.